The maximum absolute atomic E-state index is 5.56. The molecular formula is C13H17N3O. The van der Waals surface area contributed by atoms with Crippen LogP contribution in [0.5, 0.6) is 0 Å². The van der Waals surface area contributed by atoms with Crippen LogP contribution in [-0.2, 0) is 6.42 Å². The molecule has 2 rings (SSSR count). The van der Waals surface area contributed by atoms with E-state index in [1.165, 1.54) is 11.1 Å². The molecule has 4 heteroatoms. The average Bonchev–Trinajstić information content (AvgIpc) is 2.80. The average molecular weight is 231 g/mol. The highest BCUT2D eigenvalue weighted by Crippen LogP contribution is 2.13. The van der Waals surface area contributed by atoms with Gasteiger partial charge in [0.2, 0.25) is 5.89 Å². The summed E-state index contributed by atoms with van der Waals surface area (Å²) in [5.41, 5.74) is 7.98. The molecule has 1 unspecified atom stereocenters. The predicted molar refractivity (Wildman–Crippen MR) is 65.8 cm³/mol. The minimum atomic E-state index is 0.144. The summed E-state index contributed by atoms with van der Waals surface area (Å²) in [6.07, 6.45) is 0.671. The second kappa shape index (κ2) is 5.10. The number of aromatic nitrogens is 2. The molecule has 0 spiro atoms. The van der Waals surface area contributed by atoms with Crippen molar-refractivity contribution >= 4 is 0 Å². The van der Waals surface area contributed by atoms with Gasteiger partial charge in [0.1, 0.15) is 0 Å². The van der Waals surface area contributed by atoms with Gasteiger partial charge in [-0.1, -0.05) is 41.9 Å². The molecule has 17 heavy (non-hydrogen) atoms. The number of nitrogens with two attached hydrogens (primary N) is 1. The van der Waals surface area contributed by atoms with Gasteiger partial charge in [-0.3, -0.25) is 0 Å². The van der Waals surface area contributed by atoms with Gasteiger partial charge in [0.05, 0.1) is 6.42 Å². The van der Waals surface area contributed by atoms with Gasteiger partial charge in [-0.15, -0.1) is 0 Å². The molecule has 0 radical (unpaired) electrons. The molecule has 0 bridgehead atoms. The third kappa shape index (κ3) is 2.91. The van der Waals surface area contributed by atoms with Crippen LogP contribution in [-0.4, -0.2) is 16.7 Å². The standard InChI is InChI=1S/C13H17N3O/c1-9-3-5-11(6-4-9)7-12-15-13(16-17-12)10(2)8-14/h3-6,10H,7-8,14H2,1-2H3. The van der Waals surface area contributed by atoms with Crippen LogP contribution < -0.4 is 5.73 Å². The van der Waals surface area contributed by atoms with Crippen LogP contribution >= 0.6 is 0 Å². The van der Waals surface area contributed by atoms with Gasteiger partial charge in [-0.2, -0.15) is 4.98 Å². The van der Waals surface area contributed by atoms with E-state index in [1.54, 1.807) is 0 Å². The molecule has 1 atom stereocenters. The van der Waals surface area contributed by atoms with Crippen LogP contribution in [0, 0.1) is 6.92 Å². The Morgan fingerprint density at radius 2 is 2.00 bits per heavy atom. The molecule has 2 aromatic rings. The van der Waals surface area contributed by atoms with Gasteiger partial charge in [0, 0.05) is 12.5 Å². The van der Waals surface area contributed by atoms with Crippen molar-refractivity contribution in [3.8, 4) is 0 Å². The molecule has 1 heterocycles. The highest BCUT2D eigenvalue weighted by atomic mass is 16.5. The fourth-order valence-corrected chi connectivity index (χ4v) is 1.53. The normalized spacial score (nSPS) is 12.6. The molecule has 0 saturated heterocycles. The molecule has 90 valence electrons. The first-order valence-electron chi connectivity index (χ1n) is 5.77. The van der Waals surface area contributed by atoms with Crippen molar-refractivity contribution in [1.82, 2.24) is 10.1 Å². The quantitative estimate of drug-likeness (QED) is 0.874. The molecular weight excluding hydrogens is 214 g/mol. The number of benzene rings is 1. The van der Waals surface area contributed by atoms with E-state index in [1.807, 2.05) is 6.92 Å². The molecule has 1 aromatic carbocycles. The Bertz CT molecular complexity index is 476. The summed E-state index contributed by atoms with van der Waals surface area (Å²) in [4.78, 5) is 4.34. The highest BCUT2D eigenvalue weighted by Gasteiger charge is 2.12. The van der Waals surface area contributed by atoms with Gasteiger partial charge < -0.3 is 10.3 Å². The molecule has 0 aliphatic rings. The second-order valence-corrected chi connectivity index (χ2v) is 4.35. The minimum absolute atomic E-state index is 0.144. The predicted octanol–water partition coefficient (Wildman–Crippen LogP) is 2.03. The number of aryl methyl sites for hydroxylation is 1. The third-order valence-corrected chi connectivity index (χ3v) is 2.75. The Labute approximate surface area is 101 Å². The van der Waals surface area contributed by atoms with Crippen molar-refractivity contribution in [1.29, 1.82) is 0 Å². The van der Waals surface area contributed by atoms with Crippen LogP contribution in [0.15, 0.2) is 28.8 Å². The number of nitrogens with zero attached hydrogens (tertiary/aromatic N) is 2. The Balaban J connectivity index is 2.08. The molecule has 4 nitrogen and oxygen atoms in total. The first-order chi connectivity index (χ1) is 8.19. The fourth-order valence-electron chi connectivity index (χ4n) is 1.53. The summed E-state index contributed by atoms with van der Waals surface area (Å²) in [6.45, 7) is 4.58. The summed E-state index contributed by atoms with van der Waals surface area (Å²) in [7, 11) is 0. The van der Waals surface area contributed by atoms with Crippen molar-refractivity contribution in [2.24, 2.45) is 5.73 Å². The maximum atomic E-state index is 5.56. The Hall–Kier alpha value is -1.68. The lowest BCUT2D eigenvalue weighted by atomic mass is 10.1. The zero-order valence-corrected chi connectivity index (χ0v) is 10.2. The first kappa shape index (κ1) is 11.8. The van der Waals surface area contributed by atoms with Crippen molar-refractivity contribution in [2.75, 3.05) is 6.54 Å². The second-order valence-electron chi connectivity index (χ2n) is 4.35. The summed E-state index contributed by atoms with van der Waals surface area (Å²) < 4.78 is 5.21. The lowest BCUT2D eigenvalue weighted by molar-refractivity contribution is 0.376. The van der Waals surface area contributed by atoms with Crippen LogP contribution in [0.3, 0.4) is 0 Å². The lowest BCUT2D eigenvalue weighted by Gasteiger charge is -1.99. The molecule has 0 amide bonds. The van der Waals surface area contributed by atoms with E-state index in [9.17, 15) is 0 Å². The van der Waals surface area contributed by atoms with Gasteiger partial charge in [0.15, 0.2) is 5.82 Å². The van der Waals surface area contributed by atoms with Crippen LogP contribution in [0.4, 0.5) is 0 Å². The molecule has 0 fully saturated rings. The van der Waals surface area contributed by atoms with Gasteiger partial charge in [0.25, 0.3) is 0 Å². The molecule has 0 aliphatic heterocycles. The van der Waals surface area contributed by atoms with E-state index in [0.29, 0.717) is 24.7 Å². The Kier molecular flexibility index (Phi) is 3.54. The van der Waals surface area contributed by atoms with Crippen molar-refractivity contribution in [3.05, 3.63) is 47.1 Å². The summed E-state index contributed by atoms with van der Waals surface area (Å²) in [5, 5.41) is 3.93. The van der Waals surface area contributed by atoms with E-state index in [2.05, 4.69) is 41.3 Å². The van der Waals surface area contributed by atoms with E-state index >= 15 is 0 Å². The summed E-state index contributed by atoms with van der Waals surface area (Å²) in [5.74, 6) is 1.48. The minimum Gasteiger partial charge on any atom is -0.339 e. The van der Waals surface area contributed by atoms with Crippen LogP contribution in [0.25, 0.3) is 0 Å². The fraction of sp³-hybridized carbons (Fsp3) is 0.385. The van der Waals surface area contributed by atoms with Gasteiger partial charge >= 0.3 is 0 Å². The Morgan fingerprint density at radius 3 is 2.65 bits per heavy atom. The summed E-state index contributed by atoms with van der Waals surface area (Å²) >= 11 is 0. The van der Waals surface area contributed by atoms with E-state index in [-0.39, 0.29) is 5.92 Å². The largest absolute Gasteiger partial charge is 0.339 e. The number of rotatable bonds is 4. The van der Waals surface area contributed by atoms with Crippen LogP contribution in [0.1, 0.15) is 35.7 Å². The molecule has 2 N–H and O–H groups in total. The highest BCUT2D eigenvalue weighted by molar-refractivity contribution is 5.23. The monoisotopic (exact) mass is 231 g/mol. The third-order valence-electron chi connectivity index (χ3n) is 2.75. The van der Waals surface area contributed by atoms with Gasteiger partial charge in [-0.05, 0) is 12.5 Å². The summed E-state index contributed by atoms with van der Waals surface area (Å²) in [6, 6.07) is 8.31. The Morgan fingerprint density at radius 1 is 1.29 bits per heavy atom. The molecule has 0 aliphatic carbocycles. The first-order valence-corrected chi connectivity index (χ1v) is 5.77. The molecule has 1 aromatic heterocycles. The van der Waals surface area contributed by atoms with Gasteiger partial charge in [-0.25, -0.2) is 0 Å². The van der Waals surface area contributed by atoms with E-state index in [0.717, 1.165) is 0 Å². The number of hydrogen-bond acceptors (Lipinski definition) is 4. The topological polar surface area (TPSA) is 64.9 Å². The zero-order valence-electron chi connectivity index (χ0n) is 10.2. The zero-order chi connectivity index (χ0) is 12.3. The van der Waals surface area contributed by atoms with E-state index < -0.39 is 0 Å². The van der Waals surface area contributed by atoms with E-state index in [4.69, 9.17) is 10.3 Å². The van der Waals surface area contributed by atoms with Crippen LogP contribution in [0.2, 0.25) is 0 Å². The maximum Gasteiger partial charge on any atom is 0.231 e. The smallest absolute Gasteiger partial charge is 0.231 e. The van der Waals surface area contributed by atoms with Crippen molar-refractivity contribution in [2.45, 2.75) is 26.2 Å². The lowest BCUT2D eigenvalue weighted by Crippen LogP contribution is -2.10. The van der Waals surface area contributed by atoms with Crippen molar-refractivity contribution in [3.63, 3.8) is 0 Å². The number of hydrogen-bond donors (Lipinski definition) is 1. The SMILES string of the molecule is Cc1ccc(Cc2nc(C(C)CN)no2)cc1. The van der Waals surface area contributed by atoms with Crippen molar-refractivity contribution < 1.29 is 4.52 Å². The molecule has 0 saturated carbocycles.